The molecule has 17 heavy (non-hydrogen) atoms. The lowest BCUT2D eigenvalue weighted by Crippen LogP contribution is -2.21. The van der Waals surface area contributed by atoms with Crippen molar-refractivity contribution in [3.05, 3.63) is 29.2 Å². The highest BCUT2D eigenvalue weighted by Gasteiger charge is 2.21. The number of aromatic nitrogens is 1. The van der Waals surface area contributed by atoms with E-state index in [2.05, 4.69) is 14.7 Å². The molecule has 0 unspecified atom stereocenters. The van der Waals surface area contributed by atoms with Crippen molar-refractivity contribution in [3.8, 4) is 0 Å². The molecule has 0 amide bonds. The molecule has 0 radical (unpaired) electrons. The molecule has 0 bridgehead atoms. The zero-order valence-corrected chi connectivity index (χ0v) is 9.64. The summed E-state index contributed by atoms with van der Waals surface area (Å²) in [5.74, 6) is -0.201. The fourth-order valence-corrected chi connectivity index (χ4v) is 1.98. The number of anilines is 1. The molecule has 5 nitrogen and oxygen atoms in total. The van der Waals surface area contributed by atoms with Crippen molar-refractivity contribution in [2.45, 2.75) is 12.8 Å². The summed E-state index contributed by atoms with van der Waals surface area (Å²) in [6.45, 7) is 8.75. The number of carbonyl (C=O) groups excluding carboxylic acids is 1. The van der Waals surface area contributed by atoms with Gasteiger partial charge in [-0.1, -0.05) is 6.57 Å². The van der Waals surface area contributed by atoms with E-state index in [0.29, 0.717) is 5.56 Å². The van der Waals surface area contributed by atoms with E-state index >= 15 is 0 Å². The minimum atomic E-state index is -0.417. The van der Waals surface area contributed by atoms with Crippen molar-refractivity contribution >= 4 is 17.5 Å². The number of rotatable bonds is 2. The van der Waals surface area contributed by atoms with Crippen LogP contribution in [0.2, 0.25) is 0 Å². The third-order valence-corrected chi connectivity index (χ3v) is 2.84. The molecule has 0 aliphatic carbocycles. The molecule has 1 fully saturated rings. The first-order valence-corrected chi connectivity index (χ1v) is 5.47. The van der Waals surface area contributed by atoms with Gasteiger partial charge in [-0.15, -0.1) is 4.98 Å². The van der Waals surface area contributed by atoms with Gasteiger partial charge in [0, 0.05) is 13.1 Å². The number of hydrogen-bond acceptors (Lipinski definition) is 4. The normalized spacial score (nSPS) is 14.5. The summed E-state index contributed by atoms with van der Waals surface area (Å²) in [6, 6.07) is 1.49. The molecule has 0 N–H and O–H groups in total. The quantitative estimate of drug-likeness (QED) is 0.577. The molecule has 1 aliphatic heterocycles. The maximum Gasteiger partial charge on any atom is 0.338 e. The number of methoxy groups -OCH3 is 1. The Bertz CT molecular complexity index is 473. The molecular weight excluding hydrogens is 218 g/mol. The molecule has 1 saturated heterocycles. The van der Waals surface area contributed by atoms with Gasteiger partial charge in [0.15, 0.2) is 0 Å². The van der Waals surface area contributed by atoms with Crippen molar-refractivity contribution in [1.29, 1.82) is 0 Å². The van der Waals surface area contributed by atoms with E-state index in [4.69, 9.17) is 11.3 Å². The van der Waals surface area contributed by atoms with E-state index in [1.807, 2.05) is 0 Å². The maximum atomic E-state index is 11.7. The summed E-state index contributed by atoms with van der Waals surface area (Å²) in [5.41, 5.74) is 1.19. The molecular formula is C12H13N3O2. The molecule has 0 saturated carbocycles. The van der Waals surface area contributed by atoms with E-state index in [-0.39, 0.29) is 5.82 Å². The summed E-state index contributed by atoms with van der Waals surface area (Å²) in [6.07, 6.45) is 3.82. The summed E-state index contributed by atoms with van der Waals surface area (Å²) >= 11 is 0. The van der Waals surface area contributed by atoms with E-state index < -0.39 is 5.97 Å². The molecule has 5 heteroatoms. The average Bonchev–Trinajstić information content (AvgIpc) is 2.90. The highest BCUT2D eigenvalue weighted by Crippen LogP contribution is 2.27. The van der Waals surface area contributed by atoms with Crippen LogP contribution in [0.1, 0.15) is 23.2 Å². The van der Waals surface area contributed by atoms with E-state index in [0.717, 1.165) is 31.6 Å². The van der Waals surface area contributed by atoms with Crippen molar-refractivity contribution in [2.24, 2.45) is 0 Å². The van der Waals surface area contributed by atoms with Crippen LogP contribution in [-0.4, -0.2) is 31.2 Å². The number of carbonyl (C=O) groups is 1. The van der Waals surface area contributed by atoms with Crippen LogP contribution in [0.15, 0.2) is 12.3 Å². The molecule has 1 aromatic heterocycles. The fourth-order valence-electron chi connectivity index (χ4n) is 1.98. The Morgan fingerprint density at radius 2 is 2.24 bits per heavy atom. The molecule has 2 rings (SSSR count). The van der Waals surface area contributed by atoms with Gasteiger partial charge in [0.1, 0.15) is 6.20 Å². The summed E-state index contributed by atoms with van der Waals surface area (Å²) < 4.78 is 4.74. The molecule has 1 aromatic rings. The summed E-state index contributed by atoms with van der Waals surface area (Å²) in [4.78, 5) is 21.0. The van der Waals surface area contributed by atoms with Gasteiger partial charge in [0.2, 0.25) is 0 Å². The number of ether oxygens (including phenoxy) is 1. The van der Waals surface area contributed by atoms with Gasteiger partial charge in [0.05, 0.1) is 18.4 Å². The number of pyridine rings is 1. The third kappa shape index (κ3) is 2.21. The average molecular weight is 231 g/mol. The molecule has 0 aromatic carbocycles. The van der Waals surface area contributed by atoms with Gasteiger partial charge in [-0.05, 0) is 18.9 Å². The topological polar surface area (TPSA) is 46.8 Å². The third-order valence-electron chi connectivity index (χ3n) is 2.84. The lowest BCUT2D eigenvalue weighted by molar-refractivity contribution is 0.0601. The molecule has 88 valence electrons. The Kier molecular flexibility index (Phi) is 3.24. The second-order valence-electron chi connectivity index (χ2n) is 3.86. The van der Waals surface area contributed by atoms with Crippen LogP contribution in [0.25, 0.3) is 4.85 Å². The van der Waals surface area contributed by atoms with Crippen LogP contribution in [-0.2, 0) is 4.74 Å². The van der Waals surface area contributed by atoms with E-state index in [1.165, 1.54) is 13.2 Å². The largest absolute Gasteiger partial charge is 0.465 e. The van der Waals surface area contributed by atoms with Crippen LogP contribution in [0, 0.1) is 6.57 Å². The van der Waals surface area contributed by atoms with Crippen molar-refractivity contribution in [1.82, 2.24) is 4.98 Å². The van der Waals surface area contributed by atoms with Gasteiger partial charge < -0.3 is 14.5 Å². The Labute approximate surface area is 99.8 Å². The Morgan fingerprint density at radius 3 is 2.82 bits per heavy atom. The van der Waals surface area contributed by atoms with Crippen molar-refractivity contribution < 1.29 is 9.53 Å². The van der Waals surface area contributed by atoms with E-state index in [9.17, 15) is 4.79 Å². The van der Waals surface area contributed by atoms with Crippen LogP contribution in [0.5, 0.6) is 0 Å². The molecule has 0 spiro atoms. The van der Waals surface area contributed by atoms with Gasteiger partial charge in [-0.25, -0.2) is 4.79 Å². The second-order valence-corrected chi connectivity index (χ2v) is 3.86. The van der Waals surface area contributed by atoms with Crippen LogP contribution in [0.4, 0.5) is 11.5 Å². The lowest BCUT2D eigenvalue weighted by Gasteiger charge is -2.18. The Balaban J connectivity index is 2.43. The molecule has 2 heterocycles. The summed E-state index contributed by atoms with van der Waals surface area (Å²) in [7, 11) is 1.34. The first-order valence-electron chi connectivity index (χ1n) is 5.47. The smallest absolute Gasteiger partial charge is 0.338 e. The van der Waals surface area contributed by atoms with Crippen molar-refractivity contribution in [3.63, 3.8) is 0 Å². The van der Waals surface area contributed by atoms with Gasteiger partial charge in [-0.2, -0.15) is 0 Å². The summed E-state index contributed by atoms with van der Waals surface area (Å²) in [5, 5.41) is 0. The fraction of sp³-hybridized carbons (Fsp3) is 0.417. The Morgan fingerprint density at radius 1 is 1.53 bits per heavy atom. The van der Waals surface area contributed by atoms with Gasteiger partial charge in [0.25, 0.3) is 5.82 Å². The number of esters is 1. The van der Waals surface area contributed by atoms with Crippen LogP contribution in [0.3, 0.4) is 0 Å². The molecule has 0 atom stereocenters. The predicted molar refractivity (Wildman–Crippen MR) is 63.3 cm³/mol. The molecule has 1 aliphatic rings. The SMILES string of the molecule is [C-]#[N+]c1cc(C(=O)OC)c(N2CCCC2)cn1. The van der Waals surface area contributed by atoms with Gasteiger partial charge >= 0.3 is 5.97 Å². The van der Waals surface area contributed by atoms with Gasteiger partial charge in [-0.3, -0.25) is 0 Å². The van der Waals surface area contributed by atoms with Crippen molar-refractivity contribution in [2.75, 3.05) is 25.1 Å². The van der Waals surface area contributed by atoms with Crippen LogP contribution < -0.4 is 4.90 Å². The standard InChI is InChI=1S/C12H13N3O2/c1-13-11-7-9(12(16)17-2)10(8-14-11)15-5-3-4-6-15/h7-8H,3-6H2,2H3. The zero-order valence-electron chi connectivity index (χ0n) is 9.64. The van der Waals surface area contributed by atoms with Crippen LogP contribution >= 0.6 is 0 Å². The lowest BCUT2D eigenvalue weighted by atomic mass is 10.2. The monoisotopic (exact) mass is 231 g/mol. The number of hydrogen-bond donors (Lipinski definition) is 0. The van der Waals surface area contributed by atoms with E-state index in [1.54, 1.807) is 6.20 Å². The highest BCUT2D eigenvalue weighted by molar-refractivity contribution is 5.96. The highest BCUT2D eigenvalue weighted by atomic mass is 16.5. The zero-order chi connectivity index (χ0) is 12.3. The minimum absolute atomic E-state index is 0.216. The number of nitrogens with zero attached hydrogens (tertiary/aromatic N) is 3. The predicted octanol–water partition coefficient (Wildman–Crippen LogP) is 2.02. The minimum Gasteiger partial charge on any atom is -0.465 e. The maximum absolute atomic E-state index is 11.7. The second kappa shape index (κ2) is 4.83. The Hall–Kier alpha value is -2.09. The first-order chi connectivity index (χ1) is 8.26. The first kappa shape index (κ1) is 11.4.